The minimum Gasteiger partial charge on any atom is -0.269 e. The maximum atomic E-state index is 12.9. The van der Waals surface area contributed by atoms with Crippen molar-refractivity contribution in [2.75, 3.05) is 0 Å². The van der Waals surface area contributed by atoms with Crippen LogP contribution >= 0.6 is 0 Å². The van der Waals surface area contributed by atoms with Crippen molar-refractivity contribution in [3.05, 3.63) is 47.0 Å². The molecule has 1 heterocycles. The van der Waals surface area contributed by atoms with Crippen molar-refractivity contribution in [2.45, 2.75) is 45.8 Å². The summed E-state index contributed by atoms with van der Waals surface area (Å²) >= 11 is 0. The molecule has 2 amide bonds. The van der Waals surface area contributed by atoms with Gasteiger partial charge in [0.15, 0.2) is 0 Å². The lowest BCUT2D eigenvalue weighted by molar-refractivity contribution is -0.137. The Bertz CT molecular complexity index is 826. The Morgan fingerprint density at radius 3 is 1.58 bits per heavy atom. The number of benzene rings is 1. The first-order valence-electron chi connectivity index (χ1n) is 8.69. The zero-order valence-electron chi connectivity index (χ0n) is 16.4. The average molecular weight is 380 g/mol. The Labute approximate surface area is 158 Å². The number of hydrogen-bond donors (Lipinski definition) is 0. The Morgan fingerprint density at radius 1 is 0.769 bits per heavy atom. The van der Waals surface area contributed by atoms with E-state index in [1.54, 1.807) is 0 Å². The van der Waals surface area contributed by atoms with Gasteiger partial charge in [-0.2, -0.15) is 0 Å². The van der Waals surface area contributed by atoms with E-state index in [0.717, 1.165) is 5.56 Å². The van der Waals surface area contributed by atoms with Crippen LogP contribution in [-0.4, -0.2) is 32.9 Å². The van der Waals surface area contributed by atoms with Gasteiger partial charge < -0.3 is 0 Å². The molecule has 0 fully saturated rings. The van der Waals surface area contributed by atoms with Crippen LogP contribution in [0.1, 0.15) is 5.56 Å². The van der Waals surface area contributed by atoms with Crippen molar-refractivity contribution in [3.8, 4) is 22.9 Å². The van der Waals surface area contributed by atoms with E-state index in [1.807, 2.05) is 30.3 Å². The van der Waals surface area contributed by atoms with Crippen LogP contribution in [0.25, 0.3) is 0 Å². The predicted molar refractivity (Wildman–Crippen MR) is 111 cm³/mol. The molecule has 1 aliphatic heterocycles. The second kappa shape index (κ2) is 7.49. The molecule has 0 aromatic heterocycles. The first kappa shape index (κ1) is 20.0. The summed E-state index contributed by atoms with van der Waals surface area (Å²) in [5, 5.41) is 0. The fourth-order valence-corrected chi connectivity index (χ4v) is 3.22. The molecule has 0 aliphatic carbocycles. The Hall–Kier alpha value is -2.35. The van der Waals surface area contributed by atoms with Crippen LogP contribution in [0.4, 0.5) is 0 Å². The van der Waals surface area contributed by atoms with Crippen LogP contribution in [0.5, 0.6) is 0 Å². The SMILES string of the molecule is C[Si](C)(C)C#CC1=C(C#C[Si](C)(C)C)C(=O)N(Cc2ccccc2)C1=O. The molecule has 2 rings (SSSR count). The van der Waals surface area contributed by atoms with Gasteiger partial charge in [-0.15, -0.1) is 11.1 Å². The molecule has 0 unspecified atom stereocenters. The first-order chi connectivity index (χ1) is 12.0. The topological polar surface area (TPSA) is 37.4 Å². The van der Waals surface area contributed by atoms with Crippen molar-refractivity contribution >= 4 is 28.0 Å². The Morgan fingerprint density at radius 2 is 1.19 bits per heavy atom. The number of hydrogen-bond acceptors (Lipinski definition) is 2. The summed E-state index contributed by atoms with van der Waals surface area (Å²) < 4.78 is 0. The summed E-state index contributed by atoms with van der Waals surface area (Å²) in [6.07, 6.45) is 0. The van der Waals surface area contributed by atoms with Gasteiger partial charge in [0.25, 0.3) is 11.8 Å². The maximum Gasteiger partial charge on any atom is 0.271 e. The third-order valence-corrected chi connectivity index (χ3v) is 5.23. The van der Waals surface area contributed by atoms with E-state index in [9.17, 15) is 9.59 Å². The smallest absolute Gasteiger partial charge is 0.269 e. The molecule has 1 aliphatic rings. The van der Waals surface area contributed by atoms with E-state index < -0.39 is 16.1 Å². The molecule has 1 aromatic rings. The fourth-order valence-electron chi connectivity index (χ4n) is 2.22. The lowest BCUT2D eigenvalue weighted by Gasteiger charge is -2.14. The van der Waals surface area contributed by atoms with Crippen molar-refractivity contribution in [3.63, 3.8) is 0 Å². The molecular weight excluding hydrogens is 354 g/mol. The van der Waals surface area contributed by atoms with Gasteiger partial charge in [-0.05, 0) is 5.56 Å². The molecule has 0 N–H and O–H groups in total. The zero-order valence-corrected chi connectivity index (χ0v) is 18.4. The van der Waals surface area contributed by atoms with Gasteiger partial charge in [-0.25, -0.2) is 0 Å². The van der Waals surface area contributed by atoms with E-state index in [0.29, 0.717) is 0 Å². The third kappa shape index (κ3) is 5.32. The molecule has 5 heteroatoms. The lowest BCUT2D eigenvalue weighted by Crippen LogP contribution is -2.31. The molecule has 134 valence electrons. The highest BCUT2D eigenvalue weighted by Gasteiger charge is 2.37. The number of nitrogens with zero attached hydrogens (tertiary/aromatic N) is 1. The number of imide groups is 1. The fraction of sp³-hybridized carbons (Fsp3) is 0.333. The van der Waals surface area contributed by atoms with Crippen LogP contribution < -0.4 is 0 Å². The van der Waals surface area contributed by atoms with Crippen LogP contribution in [0.15, 0.2) is 41.5 Å². The largest absolute Gasteiger partial charge is 0.271 e. The third-order valence-electron chi connectivity index (χ3n) is 3.48. The standard InChI is InChI=1S/C21H25NO2Si2/c1-25(2,3)14-12-18-19(13-15-26(4,5)6)21(24)22(20(18)23)16-17-10-8-7-9-11-17/h7-11H,16H2,1-6H3. The van der Waals surface area contributed by atoms with Crippen molar-refractivity contribution < 1.29 is 9.59 Å². The maximum absolute atomic E-state index is 12.9. The summed E-state index contributed by atoms with van der Waals surface area (Å²) in [5.74, 6) is 5.33. The summed E-state index contributed by atoms with van der Waals surface area (Å²) in [6, 6.07) is 9.50. The van der Waals surface area contributed by atoms with E-state index in [4.69, 9.17) is 0 Å². The van der Waals surface area contributed by atoms with Crippen molar-refractivity contribution in [1.82, 2.24) is 4.90 Å². The molecule has 26 heavy (non-hydrogen) atoms. The van der Waals surface area contributed by atoms with E-state index in [-0.39, 0.29) is 29.5 Å². The first-order valence-corrected chi connectivity index (χ1v) is 15.7. The normalized spacial score (nSPS) is 14.8. The lowest BCUT2D eigenvalue weighted by atomic mass is 10.1. The van der Waals surface area contributed by atoms with E-state index >= 15 is 0 Å². The molecule has 0 radical (unpaired) electrons. The highest BCUT2D eigenvalue weighted by Crippen LogP contribution is 2.22. The van der Waals surface area contributed by atoms with Gasteiger partial charge in [0, 0.05) is 0 Å². The quantitative estimate of drug-likeness (QED) is 0.447. The second-order valence-corrected chi connectivity index (χ2v) is 17.9. The Balaban J connectivity index is 2.46. The van der Waals surface area contributed by atoms with Gasteiger partial charge in [-0.3, -0.25) is 14.5 Å². The summed E-state index contributed by atoms with van der Waals surface area (Å²) in [4.78, 5) is 27.0. The molecule has 0 atom stereocenters. The Kier molecular flexibility index (Phi) is 5.75. The monoisotopic (exact) mass is 379 g/mol. The summed E-state index contributed by atoms with van der Waals surface area (Å²) in [6.45, 7) is 12.9. The highest BCUT2D eigenvalue weighted by atomic mass is 28.3. The molecule has 0 bridgehead atoms. The van der Waals surface area contributed by atoms with Gasteiger partial charge in [-0.1, -0.05) is 81.5 Å². The number of amides is 2. The molecule has 0 spiro atoms. The molecule has 1 aromatic carbocycles. The van der Waals surface area contributed by atoms with Crippen LogP contribution in [0.3, 0.4) is 0 Å². The summed E-state index contributed by atoms with van der Waals surface area (Å²) in [7, 11) is -3.36. The van der Waals surface area contributed by atoms with E-state index in [2.05, 4.69) is 62.2 Å². The van der Waals surface area contributed by atoms with Gasteiger partial charge >= 0.3 is 0 Å². The van der Waals surface area contributed by atoms with Crippen LogP contribution in [-0.2, 0) is 16.1 Å². The number of carbonyl (C=O) groups is 2. The minimum absolute atomic E-state index is 0.245. The van der Waals surface area contributed by atoms with Crippen LogP contribution in [0, 0.1) is 22.9 Å². The van der Waals surface area contributed by atoms with E-state index in [1.165, 1.54) is 4.90 Å². The van der Waals surface area contributed by atoms with Crippen molar-refractivity contribution in [1.29, 1.82) is 0 Å². The minimum atomic E-state index is -1.68. The van der Waals surface area contributed by atoms with Gasteiger partial charge in [0.05, 0.1) is 6.54 Å². The zero-order chi connectivity index (χ0) is 19.5. The highest BCUT2D eigenvalue weighted by molar-refractivity contribution is 6.84. The molecular formula is C21H25NO2Si2. The summed E-state index contributed by atoms with van der Waals surface area (Å²) in [5.41, 5.74) is 7.84. The van der Waals surface area contributed by atoms with Crippen molar-refractivity contribution in [2.24, 2.45) is 0 Å². The number of rotatable bonds is 2. The average Bonchev–Trinajstić information content (AvgIpc) is 2.74. The molecule has 0 saturated heterocycles. The molecule has 0 saturated carbocycles. The van der Waals surface area contributed by atoms with Crippen LogP contribution in [0.2, 0.25) is 39.3 Å². The van der Waals surface area contributed by atoms with Gasteiger partial charge in [0.1, 0.15) is 27.3 Å². The van der Waals surface area contributed by atoms with Gasteiger partial charge in [0.2, 0.25) is 0 Å². The number of carbonyl (C=O) groups excluding carboxylic acids is 2. The predicted octanol–water partition coefficient (Wildman–Crippen LogP) is 3.61. The second-order valence-electron chi connectivity index (χ2n) is 8.43. The molecule has 3 nitrogen and oxygen atoms in total.